The number of benzene rings is 1. The molecule has 6 heteroatoms. The summed E-state index contributed by atoms with van der Waals surface area (Å²) in [6, 6.07) is 4.05. The molecule has 106 valence electrons. The molecule has 2 aromatic rings. The van der Waals surface area contributed by atoms with Crippen molar-refractivity contribution >= 4 is 34.0 Å². The zero-order valence-corrected chi connectivity index (χ0v) is 13.6. The lowest BCUT2D eigenvalue weighted by atomic mass is 9.99. The minimum absolute atomic E-state index is 0.136. The van der Waals surface area contributed by atoms with Crippen molar-refractivity contribution in [3.63, 3.8) is 0 Å². The Morgan fingerprint density at radius 2 is 1.90 bits per heavy atom. The van der Waals surface area contributed by atoms with Gasteiger partial charge in [0.15, 0.2) is 10.1 Å². The van der Waals surface area contributed by atoms with Gasteiger partial charge in [-0.2, -0.15) is 0 Å². The largest absolute Gasteiger partial charge is 0.363 e. The summed E-state index contributed by atoms with van der Waals surface area (Å²) in [7, 11) is 1.80. The monoisotopic (exact) mass is 307 g/mol. The molecule has 0 atom stereocenters. The summed E-state index contributed by atoms with van der Waals surface area (Å²) in [5.74, 6) is 0.526. The Labute approximate surface area is 127 Å². The molecule has 1 aromatic heterocycles. The van der Waals surface area contributed by atoms with E-state index in [2.05, 4.69) is 28.5 Å². The number of carbonyl (C=O) groups excluding carboxylic acids is 1. The number of aromatic nitrogens is 2. The van der Waals surface area contributed by atoms with Crippen LogP contribution in [0.1, 0.15) is 27.0 Å². The summed E-state index contributed by atoms with van der Waals surface area (Å²) in [4.78, 5) is 12.3. The number of hydrogen-bond donors (Lipinski definition) is 1. The third-order valence-corrected chi connectivity index (χ3v) is 5.16. The number of anilines is 1. The number of hydrogen-bond acceptors (Lipinski definition) is 6. The van der Waals surface area contributed by atoms with Gasteiger partial charge in [0, 0.05) is 12.6 Å². The number of ketones is 1. The Morgan fingerprint density at radius 3 is 2.55 bits per heavy atom. The Bertz CT molecular complexity index is 637. The van der Waals surface area contributed by atoms with Crippen molar-refractivity contribution < 1.29 is 4.79 Å². The maximum atomic E-state index is 12.3. The van der Waals surface area contributed by atoms with Gasteiger partial charge in [0.05, 0.1) is 5.75 Å². The minimum atomic E-state index is 0.136. The number of thioether (sulfide) groups is 1. The van der Waals surface area contributed by atoms with Crippen LogP contribution in [0.2, 0.25) is 0 Å². The Morgan fingerprint density at radius 1 is 1.20 bits per heavy atom. The molecule has 0 radical (unpaired) electrons. The van der Waals surface area contributed by atoms with Crippen molar-refractivity contribution in [2.75, 3.05) is 18.1 Å². The highest BCUT2D eigenvalue weighted by Crippen LogP contribution is 2.26. The molecule has 4 nitrogen and oxygen atoms in total. The van der Waals surface area contributed by atoms with Gasteiger partial charge >= 0.3 is 0 Å². The van der Waals surface area contributed by atoms with Gasteiger partial charge in [-0.05, 0) is 43.5 Å². The second kappa shape index (κ2) is 6.37. The van der Waals surface area contributed by atoms with Crippen molar-refractivity contribution in [2.45, 2.75) is 25.1 Å². The minimum Gasteiger partial charge on any atom is -0.363 e. The lowest BCUT2D eigenvalue weighted by Crippen LogP contribution is -2.06. The summed E-state index contributed by atoms with van der Waals surface area (Å²) >= 11 is 2.89. The van der Waals surface area contributed by atoms with E-state index in [1.165, 1.54) is 28.7 Å². The number of nitrogens with one attached hydrogen (secondary N) is 1. The van der Waals surface area contributed by atoms with Gasteiger partial charge in [0.1, 0.15) is 0 Å². The normalized spacial score (nSPS) is 10.6. The molecule has 0 fully saturated rings. The number of nitrogens with zero attached hydrogens (tertiary/aromatic N) is 2. The molecule has 0 spiro atoms. The third kappa shape index (κ3) is 3.37. The molecular formula is C14H17N3OS2. The number of carbonyl (C=O) groups is 1. The van der Waals surface area contributed by atoms with E-state index in [-0.39, 0.29) is 5.78 Å². The van der Waals surface area contributed by atoms with Crippen molar-refractivity contribution in [2.24, 2.45) is 0 Å². The van der Waals surface area contributed by atoms with Crippen LogP contribution in [0.15, 0.2) is 16.5 Å². The van der Waals surface area contributed by atoms with Crippen molar-refractivity contribution in [3.05, 3.63) is 34.4 Å². The molecule has 0 aliphatic heterocycles. The first-order valence-corrected chi connectivity index (χ1v) is 8.06. The predicted molar refractivity (Wildman–Crippen MR) is 85.2 cm³/mol. The average molecular weight is 307 g/mol. The lowest BCUT2D eigenvalue weighted by Gasteiger charge is -2.08. The van der Waals surface area contributed by atoms with Crippen LogP contribution < -0.4 is 5.32 Å². The first kappa shape index (κ1) is 15.0. The quantitative estimate of drug-likeness (QED) is 0.677. The molecule has 0 unspecified atom stereocenters. The Kier molecular flexibility index (Phi) is 4.77. The standard InChI is InChI=1S/C14H17N3OS2/c1-8-5-10(3)11(6-9(8)2)12(18)7-19-14-17-16-13(15-4)20-14/h5-6H,7H2,1-4H3,(H,15,16). The first-order chi connectivity index (χ1) is 9.51. The van der Waals surface area contributed by atoms with Crippen LogP contribution in [-0.2, 0) is 0 Å². The van der Waals surface area contributed by atoms with E-state index in [4.69, 9.17) is 0 Å². The smallest absolute Gasteiger partial charge is 0.206 e. The van der Waals surface area contributed by atoms with E-state index in [9.17, 15) is 4.79 Å². The average Bonchev–Trinajstić information content (AvgIpc) is 2.88. The second-order valence-electron chi connectivity index (χ2n) is 4.59. The molecule has 1 heterocycles. The van der Waals surface area contributed by atoms with Crippen LogP contribution in [0.25, 0.3) is 0 Å². The lowest BCUT2D eigenvalue weighted by molar-refractivity contribution is 0.102. The SMILES string of the molecule is CNc1nnc(SCC(=O)c2cc(C)c(C)cc2C)s1. The van der Waals surface area contributed by atoms with E-state index in [1.54, 1.807) is 7.05 Å². The van der Waals surface area contributed by atoms with E-state index in [1.807, 2.05) is 19.9 Å². The summed E-state index contributed by atoms with van der Waals surface area (Å²) in [5, 5.41) is 11.7. The molecule has 0 aliphatic rings. The van der Waals surface area contributed by atoms with Gasteiger partial charge < -0.3 is 5.32 Å². The van der Waals surface area contributed by atoms with Crippen molar-refractivity contribution in [3.8, 4) is 0 Å². The van der Waals surface area contributed by atoms with Crippen LogP contribution in [0.3, 0.4) is 0 Å². The highest BCUT2D eigenvalue weighted by atomic mass is 32.2. The second-order valence-corrected chi connectivity index (χ2v) is 6.79. The van der Waals surface area contributed by atoms with E-state index in [0.29, 0.717) is 5.75 Å². The third-order valence-electron chi connectivity index (χ3n) is 3.09. The topological polar surface area (TPSA) is 54.9 Å². The maximum Gasteiger partial charge on any atom is 0.206 e. The Hall–Kier alpha value is -1.40. The van der Waals surface area contributed by atoms with Gasteiger partial charge in [0.2, 0.25) is 5.13 Å². The van der Waals surface area contributed by atoms with Crippen LogP contribution >= 0.6 is 23.1 Å². The van der Waals surface area contributed by atoms with Crippen LogP contribution in [0, 0.1) is 20.8 Å². The van der Waals surface area contributed by atoms with Crippen molar-refractivity contribution in [1.82, 2.24) is 10.2 Å². The van der Waals surface area contributed by atoms with Gasteiger partial charge in [-0.1, -0.05) is 29.2 Å². The fourth-order valence-corrected chi connectivity index (χ4v) is 3.42. The molecule has 1 aromatic carbocycles. The summed E-state index contributed by atoms with van der Waals surface area (Å²) in [6.45, 7) is 6.07. The van der Waals surface area contributed by atoms with Gasteiger partial charge in [-0.15, -0.1) is 10.2 Å². The molecule has 1 N–H and O–H groups in total. The van der Waals surface area contributed by atoms with Crippen molar-refractivity contribution in [1.29, 1.82) is 0 Å². The van der Waals surface area contributed by atoms with Gasteiger partial charge in [0.25, 0.3) is 0 Å². The van der Waals surface area contributed by atoms with E-state index in [0.717, 1.165) is 26.2 Å². The molecule has 20 heavy (non-hydrogen) atoms. The van der Waals surface area contributed by atoms with E-state index < -0.39 is 0 Å². The van der Waals surface area contributed by atoms with Crippen LogP contribution in [-0.4, -0.2) is 28.8 Å². The zero-order chi connectivity index (χ0) is 14.7. The first-order valence-electron chi connectivity index (χ1n) is 6.26. The maximum absolute atomic E-state index is 12.3. The fraction of sp³-hybridized carbons (Fsp3) is 0.357. The number of Topliss-reactive ketones (excluding diaryl/α,β-unsaturated/α-hetero) is 1. The molecular weight excluding hydrogens is 290 g/mol. The molecule has 2 rings (SSSR count). The molecule has 0 bridgehead atoms. The molecule has 0 aliphatic carbocycles. The van der Waals surface area contributed by atoms with E-state index >= 15 is 0 Å². The molecule has 0 amide bonds. The zero-order valence-electron chi connectivity index (χ0n) is 12.0. The highest BCUT2D eigenvalue weighted by molar-refractivity contribution is 8.01. The highest BCUT2D eigenvalue weighted by Gasteiger charge is 2.13. The van der Waals surface area contributed by atoms with Crippen LogP contribution in [0.4, 0.5) is 5.13 Å². The molecule has 0 saturated carbocycles. The number of rotatable bonds is 5. The predicted octanol–water partition coefficient (Wildman–Crippen LogP) is 3.48. The Balaban J connectivity index is 2.07. The fourth-order valence-electron chi connectivity index (χ4n) is 1.84. The van der Waals surface area contributed by atoms with Crippen LogP contribution in [0.5, 0.6) is 0 Å². The summed E-state index contributed by atoms with van der Waals surface area (Å²) in [6.07, 6.45) is 0. The summed E-state index contributed by atoms with van der Waals surface area (Å²) < 4.78 is 0.809. The summed E-state index contributed by atoms with van der Waals surface area (Å²) in [5.41, 5.74) is 4.21. The van der Waals surface area contributed by atoms with Gasteiger partial charge in [-0.25, -0.2) is 0 Å². The molecule has 0 saturated heterocycles. The van der Waals surface area contributed by atoms with Gasteiger partial charge in [-0.3, -0.25) is 4.79 Å². The number of aryl methyl sites for hydroxylation is 3.